The van der Waals surface area contributed by atoms with E-state index in [-0.39, 0.29) is 17.1 Å². The second-order valence-corrected chi connectivity index (χ2v) is 11.3. The molecule has 5 rings (SSSR count). The third kappa shape index (κ3) is 5.46. The van der Waals surface area contributed by atoms with Gasteiger partial charge in [0.2, 0.25) is 0 Å². The Bertz CT molecular complexity index is 1520. The van der Waals surface area contributed by atoms with Crippen molar-refractivity contribution in [1.29, 1.82) is 0 Å². The fourth-order valence-corrected chi connectivity index (χ4v) is 5.56. The first kappa shape index (κ1) is 27.0. The molecule has 1 N–H and O–H groups in total. The van der Waals surface area contributed by atoms with Crippen LogP contribution in [0, 0.1) is 13.8 Å². The Morgan fingerprint density at radius 2 is 1.85 bits per heavy atom. The Hall–Kier alpha value is -3.56. The number of hydrogen-bond donors (Lipinski definition) is 1. The fraction of sp³-hybridized carbons (Fsp3) is 0.467. The number of aromatic nitrogens is 5. The van der Waals surface area contributed by atoms with Gasteiger partial charge in [-0.2, -0.15) is 0 Å². The Balaban J connectivity index is 1.51. The highest BCUT2D eigenvalue weighted by molar-refractivity contribution is 5.83. The number of nitrogens with one attached hydrogen (secondary N) is 1. The second-order valence-electron chi connectivity index (χ2n) is 11.3. The molecule has 3 heterocycles. The van der Waals surface area contributed by atoms with Gasteiger partial charge in [-0.25, -0.2) is 4.68 Å². The first-order valence-corrected chi connectivity index (χ1v) is 13.7. The lowest BCUT2D eigenvalue weighted by atomic mass is 9.98. The van der Waals surface area contributed by atoms with Gasteiger partial charge >= 0.3 is 0 Å². The minimum Gasteiger partial charge on any atom is -0.497 e. The molecule has 0 bridgehead atoms. The number of aryl methyl sites for hydroxylation is 2. The molecule has 0 amide bonds. The van der Waals surface area contributed by atoms with Crippen LogP contribution in [-0.2, 0) is 12.1 Å². The highest BCUT2D eigenvalue weighted by Crippen LogP contribution is 2.32. The second kappa shape index (κ2) is 10.9. The molecule has 9 nitrogen and oxygen atoms in total. The Morgan fingerprint density at radius 3 is 2.56 bits per heavy atom. The molecule has 1 fully saturated rings. The number of pyridine rings is 1. The number of methoxy groups -OCH3 is 1. The summed E-state index contributed by atoms with van der Waals surface area (Å²) in [5.41, 5.74) is 4.63. The van der Waals surface area contributed by atoms with Crippen molar-refractivity contribution in [1.82, 2.24) is 35.0 Å². The number of rotatable bonds is 8. The quantitative estimate of drug-likeness (QED) is 0.366. The first-order chi connectivity index (χ1) is 18.7. The van der Waals surface area contributed by atoms with Crippen LogP contribution in [0.5, 0.6) is 5.75 Å². The number of tetrazole rings is 1. The van der Waals surface area contributed by atoms with Gasteiger partial charge in [0.25, 0.3) is 5.56 Å². The van der Waals surface area contributed by atoms with Crippen LogP contribution in [0.25, 0.3) is 10.9 Å². The van der Waals surface area contributed by atoms with Gasteiger partial charge in [-0.3, -0.25) is 14.6 Å². The summed E-state index contributed by atoms with van der Waals surface area (Å²) in [6.45, 7) is 14.7. The summed E-state index contributed by atoms with van der Waals surface area (Å²) in [7, 11) is 1.70. The van der Waals surface area contributed by atoms with Gasteiger partial charge in [0, 0.05) is 38.3 Å². The molecule has 0 saturated carbocycles. The molecule has 0 aliphatic carbocycles. The van der Waals surface area contributed by atoms with E-state index in [1.54, 1.807) is 7.11 Å². The number of fused-ring (bicyclic) bond motifs is 1. The molecule has 1 unspecified atom stereocenters. The number of benzene rings is 2. The van der Waals surface area contributed by atoms with Crippen molar-refractivity contribution >= 4 is 10.9 Å². The number of aromatic amines is 1. The minimum atomic E-state index is -0.362. The third-order valence-corrected chi connectivity index (χ3v) is 8.11. The lowest BCUT2D eigenvalue weighted by molar-refractivity contribution is 0.0968. The average molecular weight is 530 g/mol. The topological polar surface area (TPSA) is 92.2 Å². The van der Waals surface area contributed by atoms with Crippen molar-refractivity contribution < 1.29 is 4.74 Å². The van der Waals surface area contributed by atoms with E-state index in [0.717, 1.165) is 66.9 Å². The van der Waals surface area contributed by atoms with Gasteiger partial charge in [0.15, 0.2) is 5.82 Å². The molecule has 1 saturated heterocycles. The van der Waals surface area contributed by atoms with Crippen molar-refractivity contribution in [3.05, 3.63) is 80.9 Å². The predicted molar refractivity (Wildman–Crippen MR) is 153 cm³/mol. The van der Waals surface area contributed by atoms with Gasteiger partial charge in [-0.05, 0) is 85.3 Å². The molecule has 1 aliphatic rings. The maximum Gasteiger partial charge on any atom is 0.253 e. The van der Waals surface area contributed by atoms with E-state index in [1.165, 1.54) is 5.56 Å². The molecule has 0 radical (unpaired) electrons. The minimum absolute atomic E-state index is 0.0953. The predicted octanol–water partition coefficient (Wildman–Crippen LogP) is 4.19. The standard InChI is InChI=1S/C30H39N7O2/c1-7-30(4,5)37-28(32-33-34-37)27(25-18-23-16-20(2)15-21(3)26(23)31-29(25)38)36-13-11-35(12-14-36)19-22-9-8-10-24(17-22)39-6/h8-10,15-18,27H,7,11-14,19H2,1-6H3,(H,31,38). The molecule has 0 spiro atoms. The molecule has 1 atom stereocenters. The molecule has 206 valence electrons. The summed E-state index contributed by atoms with van der Waals surface area (Å²) in [6.07, 6.45) is 0.860. The SMILES string of the molecule is CCC(C)(C)n1nnnc1C(c1cc2cc(C)cc(C)c2[nH]c1=O)N1CCN(Cc2cccc(OC)c2)CC1. The average Bonchev–Trinajstić information content (AvgIpc) is 3.41. The summed E-state index contributed by atoms with van der Waals surface area (Å²) in [6, 6.07) is 14.1. The maximum atomic E-state index is 13.7. The van der Waals surface area contributed by atoms with Crippen LogP contribution >= 0.6 is 0 Å². The highest BCUT2D eigenvalue weighted by atomic mass is 16.5. The van der Waals surface area contributed by atoms with Gasteiger partial charge < -0.3 is 9.72 Å². The van der Waals surface area contributed by atoms with E-state index >= 15 is 0 Å². The van der Waals surface area contributed by atoms with Crippen molar-refractivity contribution in [2.24, 2.45) is 0 Å². The number of H-pyrrole nitrogens is 1. The van der Waals surface area contributed by atoms with Crippen LogP contribution in [0.15, 0.2) is 47.3 Å². The van der Waals surface area contributed by atoms with Crippen LogP contribution < -0.4 is 10.3 Å². The number of nitrogens with zero attached hydrogens (tertiary/aromatic N) is 6. The van der Waals surface area contributed by atoms with Gasteiger partial charge in [0.1, 0.15) is 11.8 Å². The number of ether oxygens (including phenoxy) is 1. The number of piperazine rings is 1. The molecule has 2 aromatic heterocycles. The fourth-order valence-electron chi connectivity index (χ4n) is 5.56. The smallest absolute Gasteiger partial charge is 0.253 e. The lowest BCUT2D eigenvalue weighted by Crippen LogP contribution is -2.49. The van der Waals surface area contributed by atoms with Crippen molar-refractivity contribution in [2.75, 3.05) is 33.3 Å². The van der Waals surface area contributed by atoms with Gasteiger partial charge in [-0.1, -0.05) is 30.7 Å². The summed E-state index contributed by atoms with van der Waals surface area (Å²) in [4.78, 5) is 21.6. The molecule has 1 aliphatic heterocycles. The van der Waals surface area contributed by atoms with E-state index in [4.69, 9.17) is 4.74 Å². The monoisotopic (exact) mass is 529 g/mol. The van der Waals surface area contributed by atoms with Gasteiger partial charge in [0.05, 0.1) is 18.2 Å². The summed E-state index contributed by atoms with van der Waals surface area (Å²) >= 11 is 0. The van der Waals surface area contributed by atoms with E-state index in [1.807, 2.05) is 29.8 Å². The summed E-state index contributed by atoms with van der Waals surface area (Å²) in [5.74, 6) is 1.58. The highest BCUT2D eigenvalue weighted by Gasteiger charge is 2.35. The summed E-state index contributed by atoms with van der Waals surface area (Å²) < 4.78 is 7.31. The largest absolute Gasteiger partial charge is 0.497 e. The van der Waals surface area contributed by atoms with Crippen LogP contribution in [0.2, 0.25) is 0 Å². The zero-order valence-corrected chi connectivity index (χ0v) is 23.9. The third-order valence-electron chi connectivity index (χ3n) is 8.11. The molecule has 9 heteroatoms. The zero-order valence-electron chi connectivity index (χ0n) is 23.9. The Labute approximate surface area is 229 Å². The maximum absolute atomic E-state index is 13.7. The van der Waals surface area contributed by atoms with E-state index in [9.17, 15) is 4.79 Å². The molecular formula is C30H39N7O2. The van der Waals surface area contributed by atoms with Crippen LogP contribution in [-0.4, -0.2) is 68.3 Å². The van der Waals surface area contributed by atoms with Crippen molar-refractivity contribution in [3.8, 4) is 5.75 Å². The summed E-state index contributed by atoms with van der Waals surface area (Å²) in [5, 5.41) is 14.0. The van der Waals surface area contributed by atoms with Crippen LogP contribution in [0.1, 0.15) is 61.3 Å². The molecule has 39 heavy (non-hydrogen) atoms. The van der Waals surface area contributed by atoms with Crippen LogP contribution in [0.3, 0.4) is 0 Å². The van der Waals surface area contributed by atoms with Crippen molar-refractivity contribution in [3.63, 3.8) is 0 Å². The number of hydrogen-bond acceptors (Lipinski definition) is 7. The van der Waals surface area contributed by atoms with E-state index < -0.39 is 0 Å². The van der Waals surface area contributed by atoms with E-state index in [0.29, 0.717) is 11.4 Å². The van der Waals surface area contributed by atoms with Crippen LogP contribution in [0.4, 0.5) is 0 Å². The van der Waals surface area contributed by atoms with E-state index in [2.05, 4.69) is 82.3 Å². The Morgan fingerprint density at radius 1 is 1.08 bits per heavy atom. The zero-order chi connectivity index (χ0) is 27.7. The molecule has 4 aromatic rings. The molecule has 2 aromatic carbocycles. The van der Waals surface area contributed by atoms with Gasteiger partial charge in [-0.15, -0.1) is 5.10 Å². The normalized spacial score (nSPS) is 16.1. The molecular weight excluding hydrogens is 490 g/mol. The lowest BCUT2D eigenvalue weighted by Gasteiger charge is -2.39. The Kier molecular flexibility index (Phi) is 7.55. The first-order valence-electron chi connectivity index (χ1n) is 13.7. The van der Waals surface area contributed by atoms with Crippen molar-refractivity contribution in [2.45, 2.75) is 59.2 Å².